The molecule has 0 bridgehead atoms. The lowest BCUT2D eigenvalue weighted by Gasteiger charge is -2.26. The molecule has 0 aliphatic carbocycles. The van der Waals surface area contributed by atoms with Crippen molar-refractivity contribution in [2.24, 2.45) is 0 Å². The Bertz CT molecular complexity index is 1480. The normalized spacial score (nSPS) is 14.4. The summed E-state index contributed by atoms with van der Waals surface area (Å²) in [6.45, 7) is 4.08. The zero-order valence-electron chi connectivity index (χ0n) is 21.1. The van der Waals surface area contributed by atoms with E-state index in [0.717, 1.165) is 10.5 Å². The maximum Gasteiger partial charge on any atom is 0.338 e. The number of halogens is 2. The second-order valence-corrected chi connectivity index (χ2v) is 9.22. The SMILES string of the molecule is CCOC(=O)c1ccc(N2C(=O)NC(=O)/C(=C\c3cc(Cl)c(Cc4ccccc4Cl)c(OCC)c3)C2=O)cc1. The van der Waals surface area contributed by atoms with Gasteiger partial charge >= 0.3 is 12.0 Å². The lowest BCUT2D eigenvalue weighted by molar-refractivity contribution is -0.122. The summed E-state index contributed by atoms with van der Waals surface area (Å²) in [5, 5.41) is 3.13. The number of nitrogens with zero attached hydrogens (tertiary/aromatic N) is 1. The van der Waals surface area contributed by atoms with Crippen molar-refractivity contribution in [1.82, 2.24) is 5.32 Å². The predicted octanol–water partition coefficient (Wildman–Crippen LogP) is 5.83. The van der Waals surface area contributed by atoms with Crippen LogP contribution in [-0.4, -0.2) is 37.0 Å². The number of amides is 4. The molecule has 0 radical (unpaired) electrons. The van der Waals surface area contributed by atoms with Gasteiger partial charge < -0.3 is 9.47 Å². The zero-order chi connectivity index (χ0) is 28.1. The number of anilines is 1. The van der Waals surface area contributed by atoms with Crippen molar-refractivity contribution in [3.05, 3.63) is 98.5 Å². The van der Waals surface area contributed by atoms with E-state index in [4.69, 9.17) is 32.7 Å². The molecule has 10 heteroatoms. The van der Waals surface area contributed by atoms with Gasteiger partial charge in [0, 0.05) is 22.0 Å². The van der Waals surface area contributed by atoms with Crippen molar-refractivity contribution < 1.29 is 28.7 Å². The second kappa shape index (κ2) is 12.1. The van der Waals surface area contributed by atoms with Gasteiger partial charge in [-0.15, -0.1) is 0 Å². The summed E-state index contributed by atoms with van der Waals surface area (Å²) in [5.41, 5.74) is 2.14. The summed E-state index contributed by atoms with van der Waals surface area (Å²) in [6, 6.07) is 15.5. The molecule has 200 valence electrons. The van der Waals surface area contributed by atoms with E-state index in [2.05, 4.69) is 5.32 Å². The maximum atomic E-state index is 13.3. The Morgan fingerprint density at radius 1 is 0.949 bits per heavy atom. The molecule has 1 heterocycles. The van der Waals surface area contributed by atoms with Crippen LogP contribution < -0.4 is 15.0 Å². The van der Waals surface area contributed by atoms with E-state index in [1.54, 1.807) is 25.1 Å². The first kappa shape index (κ1) is 27.9. The fourth-order valence-corrected chi connectivity index (χ4v) is 4.51. The molecule has 3 aromatic rings. The van der Waals surface area contributed by atoms with Crippen LogP contribution in [0.25, 0.3) is 6.08 Å². The van der Waals surface area contributed by atoms with Gasteiger partial charge in [-0.05, 0) is 73.5 Å². The predicted molar refractivity (Wildman–Crippen MR) is 148 cm³/mol. The topological polar surface area (TPSA) is 102 Å². The summed E-state index contributed by atoms with van der Waals surface area (Å²) in [4.78, 5) is 51.3. The first-order chi connectivity index (χ1) is 18.7. The Morgan fingerprint density at radius 2 is 1.67 bits per heavy atom. The van der Waals surface area contributed by atoms with Gasteiger partial charge in [-0.3, -0.25) is 14.9 Å². The van der Waals surface area contributed by atoms with Crippen molar-refractivity contribution in [1.29, 1.82) is 0 Å². The molecule has 4 rings (SSSR count). The highest BCUT2D eigenvalue weighted by Crippen LogP contribution is 2.34. The first-order valence-electron chi connectivity index (χ1n) is 12.1. The third-order valence-electron chi connectivity index (χ3n) is 5.85. The molecule has 0 unspecified atom stereocenters. The average molecular weight is 567 g/mol. The summed E-state index contributed by atoms with van der Waals surface area (Å²) < 4.78 is 10.8. The van der Waals surface area contributed by atoms with Gasteiger partial charge in [0.1, 0.15) is 11.3 Å². The molecule has 1 saturated heterocycles. The molecule has 0 saturated carbocycles. The number of imide groups is 2. The van der Waals surface area contributed by atoms with Gasteiger partial charge in [0.05, 0.1) is 24.5 Å². The molecule has 39 heavy (non-hydrogen) atoms. The lowest BCUT2D eigenvalue weighted by atomic mass is 10.00. The number of nitrogens with one attached hydrogen (secondary N) is 1. The minimum Gasteiger partial charge on any atom is -0.494 e. The van der Waals surface area contributed by atoms with Crippen molar-refractivity contribution in [2.75, 3.05) is 18.1 Å². The van der Waals surface area contributed by atoms with Crippen LogP contribution in [0.4, 0.5) is 10.5 Å². The Kier molecular flexibility index (Phi) is 8.69. The van der Waals surface area contributed by atoms with Gasteiger partial charge in [0.15, 0.2) is 0 Å². The third-order valence-corrected chi connectivity index (χ3v) is 6.56. The molecule has 1 fully saturated rings. The molecule has 8 nitrogen and oxygen atoms in total. The van der Waals surface area contributed by atoms with E-state index < -0.39 is 23.8 Å². The van der Waals surface area contributed by atoms with Gasteiger partial charge in [-0.2, -0.15) is 0 Å². The molecule has 1 aliphatic heterocycles. The standard InChI is InChI=1S/C29H24Cl2N2O6/c1-3-38-25-15-17(14-24(31)21(25)16-19-7-5-6-8-23(19)30)13-22-26(34)32-29(37)33(27(22)35)20-11-9-18(10-12-20)28(36)39-4-2/h5-15H,3-4,16H2,1-2H3,(H,32,34,37)/b22-13+. The number of carbonyl (C=O) groups is 4. The number of hydrogen-bond acceptors (Lipinski definition) is 6. The van der Waals surface area contributed by atoms with Gasteiger partial charge in [0.25, 0.3) is 11.8 Å². The van der Waals surface area contributed by atoms with Crippen LogP contribution in [0.15, 0.2) is 66.2 Å². The monoisotopic (exact) mass is 566 g/mol. The highest BCUT2D eigenvalue weighted by Gasteiger charge is 2.37. The minimum atomic E-state index is -0.908. The highest BCUT2D eigenvalue weighted by molar-refractivity contribution is 6.39. The number of rotatable bonds is 8. The van der Waals surface area contributed by atoms with Crippen molar-refractivity contribution in [2.45, 2.75) is 20.3 Å². The second-order valence-electron chi connectivity index (χ2n) is 8.41. The van der Waals surface area contributed by atoms with E-state index in [0.29, 0.717) is 39.9 Å². The van der Waals surface area contributed by atoms with Gasteiger partial charge in [-0.1, -0.05) is 41.4 Å². The number of carbonyl (C=O) groups excluding carboxylic acids is 4. The Hall–Kier alpha value is -4.14. The quantitative estimate of drug-likeness (QED) is 0.209. The molecule has 1 aliphatic rings. The largest absolute Gasteiger partial charge is 0.494 e. The Labute approximate surface area is 235 Å². The number of barbiturate groups is 1. The number of esters is 1. The fraction of sp³-hybridized carbons (Fsp3) is 0.172. The van der Waals surface area contributed by atoms with E-state index in [1.807, 2.05) is 25.1 Å². The summed E-state index contributed by atoms with van der Waals surface area (Å²) in [7, 11) is 0. The van der Waals surface area contributed by atoms with Gasteiger partial charge in [0.2, 0.25) is 0 Å². The third kappa shape index (κ3) is 6.13. The molecular weight excluding hydrogens is 543 g/mol. The average Bonchev–Trinajstić information content (AvgIpc) is 2.90. The summed E-state index contributed by atoms with van der Waals surface area (Å²) in [6.07, 6.45) is 1.76. The molecule has 0 spiro atoms. The van der Waals surface area contributed by atoms with Crippen LogP contribution in [0.3, 0.4) is 0 Å². The molecule has 4 amide bonds. The first-order valence-corrected chi connectivity index (χ1v) is 12.9. The highest BCUT2D eigenvalue weighted by atomic mass is 35.5. The number of urea groups is 1. The van der Waals surface area contributed by atoms with Crippen LogP contribution in [0.1, 0.15) is 40.9 Å². The molecule has 0 aromatic heterocycles. The Morgan fingerprint density at radius 3 is 2.33 bits per heavy atom. The Balaban J connectivity index is 1.67. The van der Waals surface area contributed by atoms with E-state index in [9.17, 15) is 19.2 Å². The zero-order valence-corrected chi connectivity index (χ0v) is 22.6. The van der Waals surface area contributed by atoms with Crippen molar-refractivity contribution in [3.63, 3.8) is 0 Å². The van der Waals surface area contributed by atoms with Crippen LogP contribution >= 0.6 is 23.2 Å². The lowest BCUT2D eigenvalue weighted by Crippen LogP contribution is -2.54. The van der Waals surface area contributed by atoms with E-state index in [-0.39, 0.29) is 23.4 Å². The molecule has 3 aromatic carbocycles. The maximum absolute atomic E-state index is 13.3. The molecule has 0 atom stereocenters. The van der Waals surface area contributed by atoms with Crippen LogP contribution in [0.5, 0.6) is 5.75 Å². The van der Waals surface area contributed by atoms with Gasteiger partial charge in [-0.25, -0.2) is 14.5 Å². The van der Waals surface area contributed by atoms with E-state index in [1.165, 1.54) is 30.3 Å². The van der Waals surface area contributed by atoms with Crippen molar-refractivity contribution >= 4 is 58.8 Å². The summed E-state index contributed by atoms with van der Waals surface area (Å²) in [5.74, 6) is -1.74. The van der Waals surface area contributed by atoms with E-state index >= 15 is 0 Å². The smallest absolute Gasteiger partial charge is 0.338 e. The number of ether oxygens (including phenoxy) is 2. The number of benzene rings is 3. The molecule has 1 N–H and O–H groups in total. The van der Waals surface area contributed by atoms with Crippen LogP contribution in [0, 0.1) is 0 Å². The fourth-order valence-electron chi connectivity index (χ4n) is 4.02. The van der Waals surface area contributed by atoms with Crippen LogP contribution in [-0.2, 0) is 20.7 Å². The van der Waals surface area contributed by atoms with Crippen LogP contribution in [0.2, 0.25) is 10.0 Å². The molecular formula is C29H24Cl2N2O6. The summed E-state index contributed by atoms with van der Waals surface area (Å²) >= 11 is 13.0. The minimum absolute atomic E-state index is 0.173. The van der Waals surface area contributed by atoms with Crippen molar-refractivity contribution in [3.8, 4) is 5.75 Å². The number of hydrogen-bond donors (Lipinski definition) is 1.